The van der Waals surface area contributed by atoms with Gasteiger partial charge in [0, 0.05) is 11.9 Å². The second-order valence-corrected chi connectivity index (χ2v) is 6.23. The van der Waals surface area contributed by atoms with E-state index in [9.17, 15) is 0 Å². The molecular weight excluding hydrogens is 310 g/mol. The third kappa shape index (κ3) is 5.90. The molecule has 0 amide bonds. The quantitative estimate of drug-likeness (QED) is 0.302. The number of nitrogens with zero attached hydrogens (tertiary/aromatic N) is 3. The molecule has 2 aromatic rings. The fraction of sp³-hybridized carbons (Fsp3) is 0.533. The number of guanidine groups is 1. The van der Waals surface area contributed by atoms with Gasteiger partial charge in [-0.15, -0.1) is 11.3 Å². The number of aliphatic imine (C=N–C) groups is 1. The van der Waals surface area contributed by atoms with Crippen LogP contribution in [0.1, 0.15) is 45.4 Å². The normalized spacial score (nSPS) is 10.7. The van der Waals surface area contributed by atoms with Gasteiger partial charge in [-0.2, -0.15) is 4.99 Å². The Morgan fingerprint density at radius 2 is 2.04 bits per heavy atom. The average molecular weight is 335 g/mol. The summed E-state index contributed by atoms with van der Waals surface area (Å²) < 4.78 is 0. The average Bonchev–Trinajstić information content (AvgIpc) is 3.15. The van der Waals surface area contributed by atoms with Crippen molar-refractivity contribution in [2.45, 2.75) is 45.4 Å². The van der Waals surface area contributed by atoms with Crippen LogP contribution in [0.3, 0.4) is 0 Å². The highest BCUT2D eigenvalue weighted by molar-refractivity contribution is 7.13. The molecule has 7 nitrogen and oxygen atoms in total. The maximum atomic E-state index is 5.35. The van der Waals surface area contributed by atoms with Gasteiger partial charge in [0.15, 0.2) is 5.96 Å². The number of thiazole rings is 1. The Balaban J connectivity index is 1.77. The molecule has 0 atom stereocenters. The van der Waals surface area contributed by atoms with Gasteiger partial charge in [-0.3, -0.25) is 0 Å². The smallest absolute Gasteiger partial charge is 0.212 e. The number of imidazole rings is 1. The molecule has 8 heteroatoms. The molecule has 23 heavy (non-hydrogen) atoms. The van der Waals surface area contributed by atoms with Crippen molar-refractivity contribution in [3.8, 4) is 11.4 Å². The van der Waals surface area contributed by atoms with Gasteiger partial charge >= 0.3 is 0 Å². The summed E-state index contributed by atoms with van der Waals surface area (Å²) in [4.78, 5) is 15.8. The summed E-state index contributed by atoms with van der Waals surface area (Å²) in [5.74, 6) is 0.779. The maximum Gasteiger partial charge on any atom is 0.212 e. The van der Waals surface area contributed by atoms with Crippen molar-refractivity contribution in [3.05, 3.63) is 11.6 Å². The molecule has 2 rings (SSSR count). The first-order valence-corrected chi connectivity index (χ1v) is 8.91. The molecule has 0 spiro atoms. The summed E-state index contributed by atoms with van der Waals surface area (Å²) in [6.45, 7) is 3.16. The minimum absolute atomic E-state index is 0.0109. The molecule has 0 aliphatic rings. The summed E-state index contributed by atoms with van der Waals surface area (Å²) in [5.41, 5.74) is 12.3. The molecule has 0 aliphatic carbocycles. The van der Waals surface area contributed by atoms with Crippen LogP contribution in [-0.2, 0) is 0 Å². The molecule has 126 valence electrons. The van der Waals surface area contributed by atoms with Crippen molar-refractivity contribution < 1.29 is 0 Å². The number of anilines is 1. The standard InChI is InChI=1S/C15H25N7S/c1-2-3-4-5-6-7-8-18-14-19-9-11(20-14)12-10-23-15(21-12)22-13(16)17/h9-10H,2-8H2,1H3,(H2,18,19,20)(H4,16,17,21,22). The van der Waals surface area contributed by atoms with Crippen molar-refractivity contribution in [1.29, 1.82) is 0 Å². The van der Waals surface area contributed by atoms with Gasteiger partial charge in [0.05, 0.1) is 11.9 Å². The molecule has 0 radical (unpaired) electrons. The summed E-state index contributed by atoms with van der Waals surface area (Å²) >= 11 is 1.39. The van der Waals surface area contributed by atoms with Crippen molar-refractivity contribution in [2.24, 2.45) is 16.5 Å². The maximum absolute atomic E-state index is 5.35. The highest BCUT2D eigenvalue weighted by Crippen LogP contribution is 2.25. The van der Waals surface area contributed by atoms with E-state index in [1.54, 1.807) is 6.20 Å². The van der Waals surface area contributed by atoms with Gasteiger partial charge in [-0.25, -0.2) is 9.97 Å². The van der Waals surface area contributed by atoms with Crippen LogP contribution < -0.4 is 16.8 Å². The number of hydrogen-bond donors (Lipinski definition) is 4. The van der Waals surface area contributed by atoms with Gasteiger partial charge in [-0.1, -0.05) is 39.0 Å². The van der Waals surface area contributed by atoms with E-state index in [4.69, 9.17) is 11.5 Å². The zero-order chi connectivity index (χ0) is 16.5. The molecule has 0 fully saturated rings. The van der Waals surface area contributed by atoms with E-state index in [0.29, 0.717) is 5.13 Å². The van der Waals surface area contributed by atoms with Crippen molar-refractivity contribution in [3.63, 3.8) is 0 Å². The van der Waals surface area contributed by atoms with Gasteiger partial charge in [-0.05, 0) is 6.42 Å². The number of aromatic nitrogens is 3. The monoisotopic (exact) mass is 335 g/mol. The third-order valence-corrected chi connectivity index (χ3v) is 4.13. The Morgan fingerprint density at radius 3 is 2.83 bits per heavy atom. The molecule has 0 saturated carbocycles. The molecular formula is C15H25N7S. The Morgan fingerprint density at radius 1 is 1.26 bits per heavy atom. The number of aromatic amines is 1. The summed E-state index contributed by atoms with van der Waals surface area (Å²) in [6, 6.07) is 0. The Kier molecular flexibility index (Phi) is 6.86. The topological polar surface area (TPSA) is 118 Å². The Hall–Kier alpha value is -2.09. The minimum atomic E-state index is 0.0109. The van der Waals surface area contributed by atoms with Gasteiger partial charge in [0.1, 0.15) is 5.69 Å². The van der Waals surface area contributed by atoms with Crippen LogP contribution in [0, 0.1) is 0 Å². The second kappa shape index (κ2) is 9.14. The first-order valence-electron chi connectivity index (χ1n) is 8.03. The fourth-order valence-corrected chi connectivity index (χ4v) is 2.91. The van der Waals surface area contributed by atoms with Crippen LogP contribution in [0.4, 0.5) is 11.1 Å². The lowest BCUT2D eigenvalue weighted by Crippen LogP contribution is -2.21. The molecule has 2 aromatic heterocycles. The summed E-state index contributed by atoms with van der Waals surface area (Å²) in [7, 11) is 0. The summed E-state index contributed by atoms with van der Waals surface area (Å²) in [6.07, 6.45) is 9.45. The molecule has 6 N–H and O–H groups in total. The molecule has 0 bridgehead atoms. The van der Waals surface area contributed by atoms with E-state index in [2.05, 4.69) is 32.2 Å². The van der Waals surface area contributed by atoms with Crippen LogP contribution in [0.25, 0.3) is 11.4 Å². The SMILES string of the molecule is CCCCCCCCNc1ncc(-c2csc(N=C(N)N)n2)[nH]1. The largest absolute Gasteiger partial charge is 0.370 e. The summed E-state index contributed by atoms with van der Waals surface area (Å²) in [5, 5.41) is 5.74. The third-order valence-electron chi connectivity index (χ3n) is 3.39. The molecule has 2 heterocycles. The van der Waals surface area contributed by atoms with Crippen LogP contribution >= 0.6 is 11.3 Å². The molecule has 0 unspecified atom stereocenters. The molecule has 0 saturated heterocycles. The van der Waals surface area contributed by atoms with Crippen LogP contribution in [-0.4, -0.2) is 27.5 Å². The zero-order valence-electron chi connectivity index (χ0n) is 13.5. The second-order valence-electron chi connectivity index (χ2n) is 5.39. The minimum Gasteiger partial charge on any atom is -0.370 e. The number of H-pyrrole nitrogens is 1. The molecule has 0 aliphatic heterocycles. The molecule has 0 aromatic carbocycles. The van der Waals surface area contributed by atoms with Gasteiger partial charge < -0.3 is 21.8 Å². The number of unbranched alkanes of at least 4 members (excludes halogenated alkanes) is 5. The predicted octanol–water partition coefficient (Wildman–Crippen LogP) is 3.21. The van der Waals surface area contributed by atoms with Gasteiger partial charge in [0.2, 0.25) is 11.1 Å². The highest BCUT2D eigenvalue weighted by atomic mass is 32.1. The van der Waals surface area contributed by atoms with E-state index >= 15 is 0 Å². The lowest BCUT2D eigenvalue weighted by atomic mass is 10.1. The van der Waals surface area contributed by atoms with E-state index < -0.39 is 0 Å². The number of nitrogens with one attached hydrogen (secondary N) is 2. The number of nitrogens with two attached hydrogens (primary N) is 2. The van der Waals surface area contributed by atoms with E-state index in [1.165, 1.54) is 43.4 Å². The lowest BCUT2D eigenvalue weighted by molar-refractivity contribution is 0.616. The van der Waals surface area contributed by atoms with E-state index in [1.807, 2.05) is 5.38 Å². The van der Waals surface area contributed by atoms with Crippen LogP contribution in [0.15, 0.2) is 16.6 Å². The fourth-order valence-electron chi connectivity index (χ4n) is 2.20. The number of rotatable bonds is 10. The van der Waals surface area contributed by atoms with E-state index in [0.717, 1.165) is 30.3 Å². The highest BCUT2D eigenvalue weighted by Gasteiger charge is 2.07. The zero-order valence-corrected chi connectivity index (χ0v) is 14.3. The number of hydrogen-bond acceptors (Lipinski definition) is 5. The van der Waals surface area contributed by atoms with Crippen LogP contribution in [0.5, 0.6) is 0 Å². The first kappa shape index (κ1) is 17.3. The van der Waals surface area contributed by atoms with Crippen molar-refractivity contribution >= 4 is 28.4 Å². The lowest BCUT2D eigenvalue weighted by Gasteiger charge is -2.02. The first-order chi connectivity index (χ1) is 11.2. The van der Waals surface area contributed by atoms with Gasteiger partial charge in [0.25, 0.3) is 0 Å². The Labute approximate surface area is 140 Å². The Bertz CT molecular complexity index is 613. The van der Waals surface area contributed by atoms with Crippen molar-refractivity contribution in [2.75, 3.05) is 11.9 Å². The van der Waals surface area contributed by atoms with Crippen LogP contribution in [0.2, 0.25) is 0 Å². The van der Waals surface area contributed by atoms with E-state index in [-0.39, 0.29) is 5.96 Å². The predicted molar refractivity (Wildman–Crippen MR) is 97.0 cm³/mol. The van der Waals surface area contributed by atoms with Crippen molar-refractivity contribution in [1.82, 2.24) is 15.0 Å².